The summed E-state index contributed by atoms with van der Waals surface area (Å²) >= 11 is 8.63. The van der Waals surface area contributed by atoms with Crippen molar-refractivity contribution < 1.29 is 126 Å². The molecule has 4 aromatic heterocycles. The number of amides is 7. The number of quaternary nitrogens is 1. The average molecular weight is 1870 g/mol. The first-order valence-electron chi connectivity index (χ1n) is 42.8. The number of hydrogen-bond donors (Lipinski definition) is 13. The van der Waals surface area contributed by atoms with Crippen LogP contribution in [0.15, 0.2) is 140 Å². The Morgan fingerprint density at radius 2 is 1.48 bits per heavy atom. The lowest BCUT2D eigenvalue weighted by Crippen LogP contribution is -2.63. The van der Waals surface area contributed by atoms with E-state index in [9.17, 15) is 78.8 Å². The number of hydrogen-bond acceptors (Lipinski definition) is 31. The van der Waals surface area contributed by atoms with Gasteiger partial charge in [-0.25, -0.2) is 38.6 Å². The van der Waals surface area contributed by atoms with E-state index in [1.54, 1.807) is 87.8 Å². The van der Waals surface area contributed by atoms with Gasteiger partial charge in [0.25, 0.3) is 11.8 Å². The number of aliphatic hydroxyl groups is 7. The molecule has 4 aliphatic heterocycles. The van der Waals surface area contributed by atoms with Gasteiger partial charge in [0, 0.05) is 79.1 Å². The Labute approximate surface area is 766 Å². The van der Waals surface area contributed by atoms with E-state index in [4.69, 9.17) is 65.0 Å². The number of likely N-dealkylation sites (N-methyl/N-ethyl adjacent to an activating group) is 1. The minimum absolute atomic E-state index is 0.000426. The number of ether oxygens (including phenoxy) is 9. The number of benzene rings is 5. The molecule has 13 atom stereocenters. The highest BCUT2D eigenvalue weighted by Crippen LogP contribution is 2.50. The van der Waals surface area contributed by atoms with Crippen LogP contribution in [0.3, 0.4) is 0 Å². The summed E-state index contributed by atoms with van der Waals surface area (Å²) in [7, 11) is 3.69. The number of piperazine rings is 1. The topological polar surface area (TPSA) is 527 Å². The number of urea groups is 1. The van der Waals surface area contributed by atoms with E-state index in [2.05, 4.69) is 58.5 Å². The third-order valence-corrected chi connectivity index (χ3v) is 24.7. The Bertz CT molecular complexity index is 5560. The van der Waals surface area contributed by atoms with Crippen molar-refractivity contribution >= 4 is 80.4 Å². The molecule has 0 aliphatic carbocycles. The van der Waals surface area contributed by atoms with Gasteiger partial charge in [-0.3, -0.25) is 33.8 Å². The first kappa shape index (κ1) is 97.8. The van der Waals surface area contributed by atoms with Crippen LogP contribution in [0.25, 0.3) is 43.2 Å². The number of carbonyl (C=O) groups is 7. The maximum absolute atomic E-state index is 14.7. The minimum atomic E-state index is -1.88. The molecule has 9 aromatic rings. The second-order valence-corrected chi connectivity index (χ2v) is 34.1. The van der Waals surface area contributed by atoms with Crippen molar-refractivity contribution in [2.24, 2.45) is 11.7 Å². The van der Waals surface area contributed by atoms with Gasteiger partial charge < -0.3 is 115 Å². The van der Waals surface area contributed by atoms with E-state index >= 15 is 0 Å². The molecule has 3 saturated heterocycles. The minimum Gasteiger partial charge on any atom is -0.496 e. The summed E-state index contributed by atoms with van der Waals surface area (Å²) in [4.78, 5) is 114. The fourth-order valence-corrected chi connectivity index (χ4v) is 17.1. The molecule has 0 spiro atoms. The number of rotatable bonds is 43. The number of thiophene rings is 1. The predicted octanol–water partition coefficient (Wildman–Crippen LogP) is 4.04. The molecule has 14 N–H and O–H groups in total. The zero-order chi connectivity index (χ0) is 94.0. The number of carbonyl (C=O) groups excluding carboxylic acids is 6. The van der Waals surface area contributed by atoms with E-state index in [0.29, 0.717) is 137 Å². The Hall–Kier alpha value is -11.7. The summed E-state index contributed by atoms with van der Waals surface area (Å²) in [5.74, 6) is -3.26. The van der Waals surface area contributed by atoms with Gasteiger partial charge >= 0.3 is 12.0 Å². The molecule has 0 saturated carbocycles. The summed E-state index contributed by atoms with van der Waals surface area (Å²) in [5.41, 5.74) is 11.5. The van der Waals surface area contributed by atoms with Crippen LogP contribution in [0.2, 0.25) is 5.02 Å². The molecule has 7 amide bonds. The molecule has 0 unspecified atom stereocenters. The Balaban J connectivity index is 0.684. The van der Waals surface area contributed by atoms with Gasteiger partial charge in [0.05, 0.1) is 101 Å². The fraction of sp³-hybridized carbons (Fsp3) is 0.433. The number of carboxylic acid groups (broad SMARTS) is 1. The van der Waals surface area contributed by atoms with Gasteiger partial charge in [-0.15, -0.1) is 16.4 Å². The lowest BCUT2D eigenvalue weighted by atomic mass is 9.96. The predicted molar refractivity (Wildman–Crippen MR) is 472 cm³/mol. The number of primary amides is 1. The highest BCUT2D eigenvalue weighted by atomic mass is 35.5. The van der Waals surface area contributed by atoms with E-state index in [1.165, 1.54) is 36.0 Å². The first-order valence-corrected chi connectivity index (χ1v) is 44.0. The van der Waals surface area contributed by atoms with Crippen molar-refractivity contribution in [1.29, 1.82) is 0 Å². The number of imide groups is 1. The number of methoxy groups -OCH3 is 1. The fourth-order valence-electron chi connectivity index (χ4n) is 15.8. The number of carboxylic acids is 1. The first-order chi connectivity index (χ1) is 63.5. The molecular weight excluding hydrogens is 1760 g/mol. The van der Waals surface area contributed by atoms with Crippen molar-refractivity contribution in [3.05, 3.63) is 185 Å². The van der Waals surface area contributed by atoms with E-state index in [0.717, 1.165) is 27.3 Å². The summed E-state index contributed by atoms with van der Waals surface area (Å²) in [6, 6.07) is 27.8. The highest BCUT2D eigenvalue weighted by Gasteiger charge is 2.51. The van der Waals surface area contributed by atoms with Crippen LogP contribution in [-0.2, 0) is 85.2 Å². The lowest BCUT2D eigenvalue weighted by molar-refractivity contribution is -0.926. The van der Waals surface area contributed by atoms with Gasteiger partial charge in [-0.2, -0.15) is 0 Å². The normalized spacial score (nSPS) is 20.9. The van der Waals surface area contributed by atoms with Crippen molar-refractivity contribution in [2.75, 3.05) is 98.3 Å². The van der Waals surface area contributed by atoms with Gasteiger partial charge in [0.1, 0.15) is 121 Å². The molecule has 42 heteroatoms. The number of aliphatic hydroxyl groups excluding tert-OH is 7. The maximum atomic E-state index is 14.7. The summed E-state index contributed by atoms with van der Waals surface area (Å²) in [5, 5.41) is 105. The smallest absolute Gasteiger partial charge is 0.345 e. The monoisotopic (exact) mass is 1870 g/mol. The molecule has 4 aliphatic rings. The van der Waals surface area contributed by atoms with Crippen LogP contribution in [0.1, 0.15) is 73.0 Å². The SMILES string of the molecule is COc1ccccc1-c1nccc(COc2ccccc2C[C@@H](Oc2ncnc3sc(-c4ccc(F)cc4)c(-c4ccc(OCCN5CC[N+](C)(Cc6ccc(NC(=O)[C@H](CCCNC(N)=O)NC(=O)[C@@H](NC(=O)CCOCCN7C(=O)C=CC7=O)C(C)C)cc6COCc6cn([C@@H]7O[C@H](CO)[C@@H](O[C@@H]8O[C@H](CO)[C@H](O)[C@H](O)[C@H]8O)[C@H](O)[C@H]7O)nn6)CC5)c(Cl)c4C)c23)C(=O)O)n1. The zero-order valence-electron chi connectivity index (χ0n) is 72.8. The molecule has 704 valence electrons. The van der Waals surface area contributed by atoms with E-state index < -0.39 is 146 Å². The molecule has 13 rings (SSSR count). The number of nitrogens with zero attached hydrogens (tertiary/aromatic N) is 10. The van der Waals surface area contributed by atoms with E-state index in [-0.39, 0.29) is 90.0 Å². The number of halogens is 2. The molecule has 39 nitrogen and oxygen atoms in total. The summed E-state index contributed by atoms with van der Waals surface area (Å²) in [6.45, 7) is 7.07. The standard InChI is InChI=1S/C90H105ClFN15O24S/c1-49(2)74(101-68(110)27-36-124-37-33-105-69(111)24-25-70(105)112)84(119)100-61(13-10-28-95-90(93)122)83(118)99-56-21-18-53(54(39-56)45-125-46-58-41-106(103-102-58)87-78(116)77(115)80(67(44-109)129-87)131-89-79(117)76(114)75(113)66(43-108)130-89)42-107(4)34-30-104(31-35-107)32-38-126-64-23-22-59(50(3)73(64)91)71-72-85(96-48-97-86(72)132-81(71)51-16-19-55(92)20-17-51)128-65(88(120)121)40-52-11-6-8-14-62(52)127-47-57-26-29-94-82(98-57)60-12-7-9-15-63(60)123-5/h6-9,11-12,14-26,29,39,41,48-49,61,65-67,74-80,87,89,108-109,113-117H,10,13,27-28,30-38,40,42-47H2,1-5H3,(H6-,93,95,99,100,101,110,118,119,120,121,122)/p+1/t61-,65+,66+,67+,74-,75-,76-,77+,78+,79+,80+,87+,89-/m0/s1. The van der Waals surface area contributed by atoms with Gasteiger partial charge in [-0.1, -0.05) is 85.3 Å². The third kappa shape index (κ3) is 24.2. The molecule has 0 bridgehead atoms. The Morgan fingerprint density at radius 3 is 2.21 bits per heavy atom. The van der Waals surface area contributed by atoms with Crippen LogP contribution in [0.4, 0.5) is 14.9 Å². The molecule has 5 aromatic carbocycles. The third-order valence-electron chi connectivity index (χ3n) is 23.1. The van der Waals surface area contributed by atoms with Gasteiger partial charge in [-0.05, 0) is 108 Å². The number of fused-ring (bicyclic) bond motifs is 1. The van der Waals surface area contributed by atoms with Crippen LogP contribution >= 0.6 is 22.9 Å². The van der Waals surface area contributed by atoms with Crippen molar-refractivity contribution in [3.8, 4) is 56.1 Å². The van der Waals surface area contributed by atoms with Gasteiger partial charge in [0.2, 0.25) is 29.7 Å². The largest absolute Gasteiger partial charge is 0.496 e. The van der Waals surface area contributed by atoms with Crippen molar-refractivity contribution in [2.45, 2.75) is 152 Å². The zero-order valence-corrected chi connectivity index (χ0v) is 74.4. The average Bonchev–Trinajstić information content (AvgIpc) is 1.57. The lowest BCUT2D eigenvalue weighted by Gasteiger charge is -2.45. The van der Waals surface area contributed by atoms with Crippen LogP contribution in [-0.4, -0.2) is 298 Å². The molecule has 3 fully saturated rings. The van der Waals surface area contributed by atoms with Gasteiger partial charge in [0.15, 0.2) is 18.3 Å². The Kier molecular flexibility index (Phi) is 33.4. The van der Waals surface area contributed by atoms with Crippen LogP contribution in [0.5, 0.6) is 23.1 Å². The number of nitrogens with one attached hydrogen (secondary N) is 4. The highest BCUT2D eigenvalue weighted by molar-refractivity contribution is 7.22. The van der Waals surface area contributed by atoms with Crippen molar-refractivity contribution in [1.82, 2.24) is 60.7 Å². The number of nitrogens with two attached hydrogens (primary N) is 1. The Morgan fingerprint density at radius 1 is 0.742 bits per heavy atom. The summed E-state index contributed by atoms with van der Waals surface area (Å²) in [6.07, 6.45) is -11.7. The number of anilines is 1. The van der Waals surface area contributed by atoms with Crippen LogP contribution < -0.4 is 45.9 Å². The number of aliphatic carboxylic acids is 1. The quantitative estimate of drug-likeness (QED) is 0.0146. The van der Waals surface area contributed by atoms with E-state index in [1.807, 2.05) is 43.3 Å². The second kappa shape index (κ2) is 45.1. The molecule has 0 radical (unpaired) electrons. The second-order valence-electron chi connectivity index (χ2n) is 32.7. The van der Waals surface area contributed by atoms with Crippen molar-refractivity contribution in [3.63, 3.8) is 0 Å². The molecule has 8 heterocycles. The number of para-hydroxylation sites is 2. The number of aromatic nitrogens is 7. The van der Waals surface area contributed by atoms with Crippen LogP contribution in [0, 0.1) is 18.7 Å². The maximum Gasteiger partial charge on any atom is 0.345 e. The molecular formula is C90H106ClFN15O24S+. The molecule has 132 heavy (non-hydrogen) atoms. The summed E-state index contributed by atoms with van der Waals surface area (Å²) < 4.78 is 70.2.